The molecule has 0 bridgehead atoms. The van der Waals surface area contributed by atoms with Crippen LogP contribution in [0.4, 0.5) is 0 Å². The first-order valence-electron chi connectivity index (χ1n) is 6.90. The zero-order valence-electron chi connectivity index (χ0n) is 11.5. The van der Waals surface area contributed by atoms with Crippen LogP contribution >= 0.6 is 0 Å². The Bertz CT molecular complexity index is 193. The van der Waals surface area contributed by atoms with Gasteiger partial charge in [-0.25, -0.2) is 0 Å². The van der Waals surface area contributed by atoms with E-state index in [2.05, 4.69) is 25.7 Å². The molecule has 96 valence electrons. The zero-order valence-corrected chi connectivity index (χ0v) is 11.5. The lowest BCUT2D eigenvalue weighted by Crippen LogP contribution is -2.47. The highest BCUT2D eigenvalue weighted by molar-refractivity contribution is 4.83. The first-order valence-corrected chi connectivity index (χ1v) is 6.90. The highest BCUT2D eigenvalue weighted by Gasteiger charge is 2.29. The molecule has 1 heterocycles. The second-order valence-corrected chi connectivity index (χ2v) is 6.02. The zero-order chi connectivity index (χ0) is 12.2. The Balaban J connectivity index is 2.32. The third kappa shape index (κ3) is 4.06. The van der Waals surface area contributed by atoms with E-state index < -0.39 is 5.60 Å². The van der Waals surface area contributed by atoms with E-state index in [0.717, 1.165) is 12.5 Å². The van der Waals surface area contributed by atoms with E-state index in [1.807, 2.05) is 6.92 Å². The second kappa shape index (κ2) is 6.02. The van der Waals surface area contributed by atoms with Crippen molar-refractivity contribution in [2.75, 3.05) is 19.6 Å². The van der Waals surface area contributed by atoms with Crippen LogP contribution in [0.2, 0.25) is 0 Å². The Hall–Kier alpha value is -0.0800. The fourth-order valence-electron chi connectivity index (χ4n) is 2.48. The minimum Gasteiger partial charge on any atom is -0.389 e. The molecule has 2 nitrogen and oxygen atoms in total. The van der Waals surface area contributed by atoms with Gasteiger partial charge in [-0.15, -0.1) is 0 Å². The third-order valence-corrected chi connectivity index (χ3v) is 4.19. The molecule has 1 aliphatic rings. The van der Waals surface area contributed by atoms with Crippen LogP contribution in [-0.4, -0.2) is 35.2 Å². The van der Waals surface area contributed by atoms with Gasteiger partial charge < -0.3 is 10.0 Å². The summed E-state index contributed by atoms with van der Waals surface area (Å²) in [5.41, 5.74) is -0.530. The van der Waals surface area contributed by atoms with Crippen molar-refractivity contribution in [2.24, 2.45) is 11.8 Å². The lowest BCUT2D eigenvalue weighted by atomic mass is 9.89. The Morgan fingerprint density at radius 3 is 2.31 bits per heavy atom. The maximum absolute atomic E-state index is 10.3. The molecule has 0 aliphatic carbocycles. The summed E-state index contributed by atoms with van der Waals surface area (Å²) >= 11 is 0. The summed E-state index contributed by atoms with van der Waals surface area (Å²) in [7, 11) is 0. The monoisotopic (exact) mass is 227 g/mol. The quantitative estimate of drug-likeness (QED) is 0.780. The molecule has 0 aromatic carbocycles. The Kier molecular flexibility index (Phi) is 5.26. The maximum Gasteiger partial charge on any atom is 0.0768 e. The molecule has 0 radical (unpaired) electrons. The number of nitrogens with zero attached hydrogens (tertiary/aromatic N) is 1. The predicted molar refractivity (Wildman–Crippen MR) is 69.5 cm³/mol. The number of hydrogen-bond acceptors (Lipinski definition) is 2. The number of aliphatic hydroxyl groups is 1. The summed E-state index contributed by atoms with van der Waals surface area (Å²) in [5.74, 6) is 1.27. The van der Waals surface area contributed by atoms with Gasteiger partial charge in [0.15, 0.2) is 0 Å². The van der Waals surface area contributed by atoms with Crippen molar-refractivity contribution in [2.45, 2.75) is 59.0 Å². The smallest absolute Gasteiger partial charge is 0.0768 e. The summed E-state index contributed by atoms with van der Waals surface area (Å²) in [4.78, 5) is 2.44. The Labute approximate surface area is 101 Å². The van der Waals surface area contributed by atoms with Gasteiger partial charge >= 0.3 is 0 Å². The largest absolute Gasteiger partial charge is 0.389 e. The summed E-state index contributed by atoms with van der Waals surface area (Å²) in [6.45, 7) is 11.6. The van der Waals surface area contributed by atoms with Crippen LogP contribution < -0.4 is 0 Å². The van der Waals surface area contributed by atoms with Crippen LogP contribution in [0.1, 0.15) is 53.4 Å². The Morgan fingerprint density at radius 1 is 1.31 bits per heavy atom. The molecule has 1 rings (SSSR count). The van der Waals surface area contributed by atoms with Gasteiger partial charge in [0, 0.05) is 6.54 Å². The average Bonchev–Trinajstić information content (AvgIpc) is 2.21. The van der Waals surface area contributed by atoms with Crippen molar-refractivity contribution >= 4 is 0 Å². The SMILES string of the molecule is CCCC1CCN(CC(C)(O)C(C)C)CC1. The van der Waals surface area contributed by atoms with Crippen molar-refractivity contribution in [1.82, 2.24) is 4.90 Å². The molecule has 0 spiro atoms. The molecule has 1 saturated heterocycles. The van der Waals surface area contributed by atoms with Crippen LogP contribution in [-0.2, 0) is 0 Å². The van der Waals surface area contributed by atoms with Crippen LogP contribution in [0.25, 0.3) is 0 Å². The molecule has 0 saturated carbocycles. The highest BCUT2D eigenvalue weighted by Crippen LogP contribution is 2.24. The van der Waals surface area contributed by atoms with Crippen LogP contribution in [0.3, 0.4) is 0 Å². The number of piperidine rings is 1. The van der Waals surface area contributed by atoms with Gasteiger partial charge in [-0.1, -0.05) is 33.6 Å². The van der Waals surface area contributed by atoms with E-state index >= 15 is 0 Å². The molecule has 16 heavy (non-hydrogen) atoms. The predicted octanol–water partition coefficient (Wildman–Crippen LogP) is 2.91. The second-order valence-electron chi connectivity index (χ2n) is 6.02. The number of rotatable bonds is 5. The first kappa shape index (κ1) is 14.0. The molecule has 1 N–H and O–H groups in total. The molecule has 0 amide bonds. The fourth-order valence-corrected chi connectivity index (χ4v) is 2.48. The van der Waals surface area contributed by atoms with E-state index in [1.165, 1.54) is 38.8 Å². The van der Waals surface area contributed by atoms with Gasteiger partial charge in [-0.3, -0.25) is 0 Å². The van der Waals surface area contributed by atoms with E-state index in [4.69, 9.17) is 0 Å². The van der Waals surface area contributed by atoms with Gasteiger partial charge in [-0.05, 0) is 44.7 Å². The molecule has 1 fully saturated rings. The van der Waals surface area contributed by atoms with E-state index in [9.17, 15) is 5.11 Å². The van der Waals surface area contributed by atoms with Crippen LogP contribution in [0.15, 0.2) is 0 Å². The highest BCUT2D eigenvalue weighted by atomic mass is 16.3. The van der Waals surface area contributed by atoms with Gasteiger partial charge in [0.2, 0.25) is 0 Å². The fraction of sp³-hybridized carbons (Fsp3) is 1.00. The van der Waals surface area contributed by atoms with Crippen molar-refractivity contribution in [3.8, 4) is 0 Å². The average molecular weight is 227 g/mol. The topological polar surface area (TPSA) is 23.5 Å². The molecule has 1 unspecified atom stereocenters. The molecule has 1 aliphatic heterocycles. The molecule has 0 aromatic heterocycles. The molecular weight excluding hydrogens is 198 g/mol. The van der Waals surface area contributed by atoms with E-state index in [0.29, 0.717) is 5.92 Å². The van der Waals surface area contributed by atoms with E-state index in [-0.39, 0.29) is 0 Å². The molecule has 0 aromatic rings. The third-order valence-electron chi connectivity index (χ3n) is 4.19. The van der Waals surface area contributed by atoms with Crippen LogP contribution in [0.5, 0.6) is 0 Å². The summed E-state index contributed by atoms with van der Waals surface area (Å²) in [5, 5.41) is 10.3. The normalized spacial score (nSPS) is 23.6. The van der Waals surface area contributed by atoms with Gasteiger partial charge in [0.1, 0.15) is 0 Å². The lowest BCUT2D eigenvalue weighted by molar-refractivity contribution is -0.0260. The molecule has 2 heteroatoms. The summed E-state index contributed by atoms with van der Waals surface area (Å²) in [6.07, 6.45) is 5.34. The Morgan fingerprint density at radius 2 is 1.88 bits per heavy atom. The van der Waals surface area contributed by atoms with E-state index in [1.54, 1.807) is 0 Å². The van der Waals surface area contributed by atoms with Crippen LogP contribution in [0, 0.1) is 11.8 Å². The minimum absolute atomic E-state index is 0.334. The first-order chi connectivity index (χ1) is 7.45. The molecular formula is C14H29NO. The molecule has 1 atom stereocenters. The number of likely N-dealkylation sites (tertiary alicyclic amines) is 1. The van der Waals surface area contributed by atoms with Crippen molar-refractivity contribution in [3.63, 3.8) is 0 Å². The maximum atomic E-state index is 10.3. The van der Waals surface area contributed by atoms with Gasteiger partial charge in [0.05, 0.1) is 5.60 Å². The summed E-state index contributed by atoms with van der Waals surface area (Å²) in [6, 6.07) is 0. The minimum atomic E-state index is -0.530. The van der Waals surface area contributed by atoms with Crippen molar-refractivity contribution in [1.29, 1.82) is 0 Å². The van der Waals surface area contributed by atoms with Crippen molar-refractivity contribution in [3.05, 3.63) is 0 Å². The standard InChI is InChI=1S/C14H29NO/c1-5-6-13-7-9-15(10-8-13)11-14(4,16)12(2)3/h12-13,16H,5-11H2,1-4H3. The van der Waals surface area contributed by atoms with Gasteiger partial charge in [-0.2, -0.15) is 0 Å². The number of β-amino-alcohol motifs (C(OH)–C–C–N with tert-alkyl or cyclic N) is 1. The summed E-state index contributed by atoms with van der Waals surface area (Å²) < 4.78 is 0. The van der Waals surface area contributed by atoms with Gasteiger partial charge in [0.25, 0.3) is 0 Å². The lowest BCUT2D eigenvalue weighted by Gasteiger charge is -2.38. The number of hydrogen-bond donors (Lipinski definition) is 1. The van der Waals surface area contributed by atoms with Crippen molar-refractivity contribution < 1.29 is 5.11 Å².